The van der Waals surface area contributed by atoms with Gasteiger partial charge in [0.1, 0.15) is 17.9 Å². The van der Waals surface area contributed by atoms with Crippen LogP contribution in [0.1, 0.15) is 158 Å². The van der Waals surface area contributed by atoms with Gasteiger partial charge in [0, 0.05) is 71.7 Å². The predicted octanol–water partition coefficient (Wildman–Crippen LogP) is 9.38. The van der Waals surface area contributed by atoms with E-state index in [1.54, 1.807) is 0 Å². The number of pyridine rings is 2. The molecule has 0 saturated carbocycles. The molecule has 0 bridgehead atoms. The summed E-state index contributed by atoms with van der Waals surface area (Å²) in [6.45, 7) is 20.9. The third-order valence-electron chi connectivity index (χ3n) is 8.53. The van der Waals surface area contributed by atoms with E-state index in [0.717, 1.165) is 17.2 Å². The number of fused-ring (bicyclic) bond motifs is 4. The Kier molecular flexibility index (Phi) is 12.6. The summed E-state index contributed by atoms with van der Waals surface area (Å²) in [5.41, 5.74) is 1.47. The maximum atomic E-state index is 13.2. The molecule has 2 aliphatic heterocycles. The first-order valence-electron chi connectivity index (χ1n) is 16.5. The van der Waals surface area contributed by atoms with Crippen molar-refractivity contribution >= 4 is 17.7 Å². The van der Waals surface area contributed by atoms with Gasteiger partial charge in [0.2, 0.25) is 0 Å². The lowest BCUT2D eigenvalue weighted by molar-refractivity contribution is -0.157. The fourth-order valence-electron chi connectivity index (χ4n) is 6.22. The van der Waals surface area contributed by atoms with E-state index in [1.165, 1.54) is 25.6 Å². The van der Waals surface area contributed by atoms with Crippen LogP contribution in [0, 0.1) is 5.41 Å². The monoisotopic (exact) mass is 682 g/mol. The molecule has 5 rings (SSSR count). The number of nitrogens with zero attached hydrogens (tertiary/aromatic N) is 2. The molecule has 0 radical (unpaired) electrons. The number of thioether (sulfide) groups is 1. The van der Waals surface area contributed by atoms with Crippen LogP contribution in [0.15, 0.2) is 18.3 Å². The van der Waals surface area contributed by atoms with Crippen molar-refractivity contribution in [2.45, 2.75) is 136 Å². The van der Waals surface area contributed by atoms with Crippen molar-refractivity contribution in [1.82, 2.24) is 9.97 Å². The molecule has 0 amide bonds. The standard InChI is InChI=1S/C28H33F3N2O5.C5H12S.C3H8/c1-14(2)22-20-21(19-17(35)12-26(4,5)25(23(19)33-22)37-15(3)34)27(8-10-36-11-9-27)38-24(20)16-6-7-18(32-13-16)28(29,30)31;1-5(2,3)6-4;1-3-2/h6-7,13-14,17,24-25,35H,8-12H2,1-5H3;1-4H3;3H2,1-2H3/t17-,24+,25+;;/m0../s1. The summed E-state index contributed by atoms with van der Waals surface area (Å²) < 4.78 is 58.4. The van der Waals surface area contributed by atoms with Crippen LogP contribution < -0.4 is 0 Å². The van der Waals surface area contributed by atoms with Gasteiger partial charge in [0.25, 0.3) is 0 Å². The van der Waals surface area contributed by atoms with Crippen molar-refractivity contribution in [2.75, 3.05) is 19.5 Å². The van der Waals surface area contributed by atoms with Crippen molar-refractivity contribution in [3.05, 3.63) is 57.7 Å². The second-order valence-electron chi connectivity index (χ2n) is 14.5. The summed E-state index contributed by atoms with van der Waals surface area (Å²) in [5, 5.41) is 11.5. The van der Waals surface area contributed by atoms with Gasteiger partial charge < -0.3 is 19.3 Å². The van der Waals surface area contributed by atoms with Crippen LogP contribution in [0.25, 0.3) is 0 Å². The topological polar surface area (TPSA) is 90.8 Å². The van der Waals surface area contributed by atoms with Gasteiger partial charge in [-0.2, -0.15) is 24.9 Å². The van der Waals surface area contributed by atoms with Gasteiger partial charge in [-0.25, -0.2) is 0 Å². The highest BCUT2D eigenvalue weighted by Gasteiger charge is 2.54. The number of halogens is 3. The molecule has 2 aromatic heterocycles. The normalized spacial score (nSPS) is 22.8. The van der Waals surface area contributed by atoms with Gasteiger partial charge in [-0.3, -0.25) is 14.8 Å². The first-order chi connectivity index (χ1) is 21.7. The molecule has 7 nitrogen and oxygen atoms in total. The van der Waals surface area contributed by atoms with E-state index in [-0.39, 0.29) is 5.92 Å². The zero-order valence-corrected chi connectivity index (χ0v) is 30.6. The molecule has 3 aliphatic rings. The van der Waals surface area contributed by atoms with E-state index in [2.05, 4.69) is 45.9 Å². The van der Waals surface area contributed by atoms with Crippen molar-refractivity contribution in [3.8, 4) is 0 Å². The van der Waals surface area contributed by atoms with Crippen LogP contribution in [-0.4, -0.2) is 45.3 Å². The molecule has 0 aromatic carbocycles. The SMILES string of the molecule is CC(=O)O[C@@H]1c2nc(C(C)C)c3c(c2[C@@H](O)CC1(C)C)C1(CCOCC1)O[C@@H]3c1ccc(C(F)(F)F)nc1.CCC.CSC(C)(C)C. The highest BCUT2D eigenvalue weighted by molar-refractivity contribution is 7.99. The second kappa shape index (κ2) is 15.1. The summed E-state index contributed by atoms with van der Waals surface area (Å²) in [6, 6.07) is 2.36. The number of rotatable bonds is 3. The average Bonchev–Trinajstić information content (AvgIpc) is 3.28. The fraction of sp³-hybridized carbons (Fsp3) is 0.694. The number of alkyl halides is 3. The van der Waals surface area contributed by atoms with Gasteiger partial charge in [-0.15, -0.1) is 0 Å². The zero-order chi connectivity index (χ0) is 35.5. The van der Waals surface area contributed by atoms with Crippen LogP contribution in [0.3, 0.4) is 0 Å². The molecule has 3 atom stereocenters. The summed E-state index contributed by atoms with van der Waals surface area (Å²) in [6.07, 6.45) is -0.900. The quantitative estimate of drug-likeness (QED) is 0.321. The van der Waals surface area contributed by atoms with E-state index in [0.29, 0.717) is 59.7 Å². The van der Waals surface area contributed by atoms with Gasteiger partial charge in [0.05, 0.1) is 17.4 Å². The third-order valence-corrected chi connectivity index (χ3v) is 9.75. The Hall–Kier alpha value is -2.21. The molecule has 2 aromatic rings. The number of carbonyl (C=O) groups excluding carboxylic acids is 1. The molecule has 1 aliphatic carbocycles. The number of carbonyl (C=O) groups is 1. The first kappa shape index (κ1) is 39.2. The maximum Gasteiger partial charge on any atom is 0.433 e. The van der Waals surface area contributed by atoms with Crippen molar-refractivity contribution < 1.29 is 37.3 Å². The zero-order valence-electron chi connectivity index (χ0n) is 29.8. The second-order valence-corrected chi connectivity index (χ2v) is 16.2. The number of esters is 1. The lowest BCUT2D eigenvalue weighted by Crippen LogP contribution is -2.39. The van der Waals surface area contributed by atoms with Crippen LogP contribution in [0.5, 0.6) is 0 Å². The number of ether oxygens (including phenoxy) is 3. The Morgan fingerprint density at radius 1 is 1.13 bits per heavy atom. The highest BCUT2D eigenvalue weighted by Crippen LogP contribution is 2.59. The van der Waals surface area contributed by atoms with E-state index >= 15 is 0 Å². The van der Waals surface area contributed by atoms with Gasteiger partial charge >= 0.3 is 12.1 Å². The Bertz CT molecular complexity index is 1370. The van der Waals surface area contributed by atoms with Crippen LogP contribution >= 0.6 is 11.8 Å². The fourth-order valence-corrected chi connectivity index (χ4v) is 6.22. The van der Waals surface area contributed by atoms with Crippen molar-refractivity contribution in [2.24, 2.45) is 5.41 Å². The Balaban J connectivity index is 0.000000592. The summed E-state index contributed by atoms with van der Waals surface area (Å²) in [4.78, 5) is 20.8. The van der Waals surface area contributed by atoms with Crippen molar-refractivity contribution in [3.63, 3.8) is 0 Å². The molecule has 0 unspecified atom stereocenters. The van der Waals surface area contributed by atoms with Gasteiger partial charge in [-0.05, 0) is 30.2 Å². The molecule has 11 heteroatoms. The molecule has 264 valence electrons. The van der Waals surface area contributed by atoms with E-state index < -0.39 is 47.2 Å². The number of hydrogen-bond acceptors (Lipinski definition) is 8. The minimum Gasteiger partial charge on any atom is -0.455 e. The van der Waals surface area contributed by atoms with Crippen molar-refractivity contribution in [1.29, 1.82) is 0 Å². The van der Waals surface area contributed by atoms with E-state index in [1.807, 2.05) is 39.5 Å². The smallest absolute Gasteiger partial charge is 0.433 e. The summed E-state index contributed by atoms with van der Waals surface area (Å²) in [5.74, 6) is -0.526. The third kappa shape index (κ3) is 8.88. The molecule has 1 fully saturated rings. The number of hydrogen-bond donors (Lipinski definition) is 1. The predicted molar refractivity (Wildman–Crippen MR) is 179 cm³/mol. The molecule has 1 N–H and O–H groups in total. The van der Waals surface area contributed by atoms with Crippen LogP contribution in [0.4, 0.5) is 13.2 Å². The van der Waals surface area contributed by atoms with Crippen LogP contribution in [0.2, 0.25) is 0 Å². The maximum absolute atomic E-state index is 13.2. The molecular weight excluding hydrogens is 629 g/mol. The van der Waals surface area contributed by atoms with E-state index in [9.17, 15) is 23.1 Å². The number of aliphatic hydroxyl groups excluding tert-OH is 1. The molecule has 47 heavy (non-hydrogen) atoms. The average molecular weight is 683 g/mol. The van der Waals surface area contributed by atoms with Gasteiger partial charge in [0.15, 0.2) is 0 Å². The summed E-state index contributed by atoms with van der Waals surface area (Å²) in [7, 11) is 0. The van der Waals surface area contributed by atoms with Gasteiger partial charge in [-0.1, -0.05) is 74.8 Å². The Morgan fingerprint density at radius 3 is 2.15 bits per heavy atom. The lowest BCUT2D eigenvalue weighted by Gasteiger charge is -2.43. The highest BCUT2D eigenvalue weighted by atomic mass is 32.2. The largest absolute Gasteiger partial charge is 0.455 e. The molecular formula is C36H53F3N2O5S. The lowest BCUT2D eigenvalue weighted by atomic mass is 9.68. The minimum atomic E-state index is -4.55. The van der Waals surface area contributed by atoms with E-state index in [4.69, 9.17) is 19.2 Å². The molecule has 1 spiro atoms. The Labute approximate surface area is 282 Å². The number of aromatic nitrogens is 2. The molecule has 1 saturated heterocycles. The minimum absolute atomic E-state index is 0.0855. The Morgan fingerprint density at radius 2 is 1.70 bits per heavy atom. The summed E-state index contributed by atoms with van der Waals surface area (Å²) >= 11 is 1.88. The molecule has 4 heterocycles. The number of aliphatic hydroxyl groups is 1. The van der Waals surface area contributed by atoms with Crippen LogP contribution in [-0.2, 0) is 30.8 Å². The first-order valence-corrected chi connectivity index (χ1v) is 17.7.